The first kappa shape index (κ1) is 9.73. The summed E-state index contributed by atoms with van der Waals surface area (Å²) in [5.74, 6) is -0.341. The Balaban J connectivity index is 2.68. The number of amides is 1. The number of carbonyl (C=O) groups is 1. The van der Waals surface area contributed by atoms with Crippen LogP contribution in [0.25, 0.3) is 6.08 Å². The summed E-state index contributed by atoms with van der Waals surface area (Å²) in [5.41, 5.74) is 11.3. The van der Waals surface area contributed by atoms with Crippen molar-refractivity contribution in [3.63, 3.8) is 0 Å². The van der Waals surface area contributed by atoms with Gasteiger partial charge in [-0.1, -0.05) is 17.4 Å². The number of primary amides is 1. The topological polar surface area (TPSA) is 82.0 Å². The van der Waals surface area contributed by atoms with Gasteiger partial charge in [-0.25, -0.2) is 4.98 Å². The van der Waals surface area contributed by atoms with E-state index in [-0.39, 0.29) is 12.3 Å². The van der Waals surface area contributed by atoms with E-state index in [1.807, 2.05) is 13.0 Å². The van der Waals surface area contributed by atoms with Gasteiger partial charge in [-0.2, -0.15) is 0 Å². The van der Waals surface area contributed by atoms with E-state index in [4.69, 9.17) is 11.5 Å². The highest BCUT2D eigenvalue weighted by atomic mass is 32.1. The monoisotopic (exact) mass is 197 g/mol. The number of anilines is 1. The van der Waals surface area contributed by atoms with E-state index in [0.717, 1.165) is 10.6 Å². The van der Waals surface area contributed by atoms with E-state index in [2.05, 4.69) is 4.98 Å². The van der Waals surface area contributed by atoms with Crippen molar-refractivity contribution in [2.75, 3.05) is 5.73 Å². The maximum absolute atomic E-state index is 10.4. The lowest BCUT2D eigenvalue weighted by Crippen LogP contribution is -2.07. The molecular formula is C8H11N3OS. The fraction of sp³-hybridized carbons (Fsp3) is 0.250. The van der Waals surface area contributed by atoms with E-state index < -0.39 is 0 Å². The number of carbonyl (C=O) groups excluding carboxylic acids is 1. The molecule has 0 aliphatic rings. The summed E-state index contributed by atoms with van der Waals surface area (Å²) >= 11 is 1.39. The molecule has 4 nitrogen and oxygen atoms in total. The maximum atomic E-state index is 10.4. The Morgan fingerprint density at radius 1 is 1.69 bits per heavy atom. The lowest BCUT2D eigenvalue weighted by Gasteiger charge is -1.86. The molecular weight excluding hydrogens is 186 g/mol. The first-order chi connectivity index (χ1) is 6.09. The van der Waals surface area contributed by atoms with Crippen LogP contribution in [0.1, 0.15) is 17.0 Å². The zero-order valence-corrected chi connectivity index (χ0v) is 8.10. The molecule has 1 aromatic heterocycles. The Hall–Kier alpha value is -1.36. The van der Waals surface area contributed by atoms with Crippen LogP contribution >= 0.6 is 11.3 Å². The smallest absolute Gasteiger partial charge is 0.221 e. The van der Waals surface area contributed by atoms with Crippen molar-refractivity contribution in [3.05, 3.63) is 16.6 Å². The summed E-state index contributed by atoms with van der Waals surface area (Å²) in [6, 6.07) is 0. The van der Waals surface area contributed by atoms with Gasteiger partial charge >= 0.3 is 0 Å². The van der Waals surface area contributed by atoms with Crippen LogP contribution in [-0.4, -0.2) is 10.9 Å². The molecule has 0 unspecified atom stereocenters. The van der Waals surface area contributed by atoms with Crippen LogP contribution in [0.5, 0.6) is 0 Å². The average molecular weight is 197 g/mol. The van der Waals surface area contributed by atoms with E-state index >= 15 is 0 Å². The number of aromatic nitrogens is 1. The van der Waals surface area contributed by atoms with Crippen molar-refractivity contribution >= 4 is 28.5 Å². The second-order valence-corrected chi connectivity index (χ2v) is 3.64. The number of aryl methyl sites for hydroxylation is 1. The van der Waals surface area contributed by atoms with Crippen molar-refractivity contribution in [2.24, 2.45) is 5.73 Å². The summed E-state index contributed by atoms with van der Waals surface area (Å²) in [6.07, 6.45) is 3.77. The van der Waals surface area contributed by atoms with Gasteiger partial charge in [-0.3, -0.25) is 4.79 Å². The van der Waals surface area contributed by atoms with E-state index in [0.29, 0.717) is 5.13 Å². The first-order valence-electron chi connectivity index (χ1n) is 3.77. The van der Waals surface area contributed by atoms with Crippen LogP contribution in [0.4, 0.5) is 5.13 Å². The predicted octanol–water partition coefficient (Wildman–Crippen LogP) is 0.922. The molecule has 5 heteroatoms. The number of rotatable bonds is 3. The highest BCUT2D eigenvalue weighted by molar-refractivity contribution is 7.16. The highest BCUT2D eigenvalue weighted by Gasteiger charge is 2.00. The van der Waals surface area contributed by atoms with Crippen molar-refractivity contribution in [2.45, 2.75) is 13.3 Å². The molecule has 0 aromatic carbocycles. The van der Waals surface area contributed by atoms with E-state index in [1.54, 1.807) is 6.08 Å². The molecule has 1 aromatic rings. The largest absolute Gasteiger partial charge is 0.375 e. The quantitative estimate of drug-likeness (QED) is 0.756. The minimum atomic E-state index is -0.341. The number of thiazole rings is 1. The summed E-state index contributed by atoms with van der Waals surface area (Å²) < 4.78 is 0. The molecule has 1 amide bonds. The van der Waals surface area contributed by atoms with Crippen molar-refractivity contribution in [3.8, 4) is 0 Å². The van der Waals surface area contributed by atoms with Gasteiger partial charge in [-0.15, -0.1) is 0 Å². The SMILES string of the molecule is Cc1nc(N)sc1C=CCC(N)=O. The minimum absolute atomic E-state index is 0.247. The fourth-order valence-electron chi connectivity index (χ4n) is 0.866. The first-order valence-corrected chi connectivity index (χ1v) is 4.59. The van der Waals surface area contributed by atoms with Crippen molar-refractivity contribution < 1.29 is 4.79 Å². The Labute approximate surface area is 80.3 Å². The average Bonchev–Trinajstić information content (AvgIpc) is 2.29. The van der Waals surface area contributed by atoms with Crippen LogP contribution in [0, 0.1) is 6.92 Å². The molecule has 0 fully saturated rings. The number of nitrogens with two attached hydrogens (primary N) is 2. The number of hydrogen-bond donors (Lipinski definition) is 2. The third-order valence-electron chi connectivity index (χ3n) is 1.44. The Morgan fingerprint density at radius 2 is 2.38 bits per heavy atom. The summed E-state index contributed by atoms with van der Waals surface area (Å²) in [6.45, 7) is 1.87. The van der Waals surface area contributed by atoms with E-state index in [1.165, 1.54) is 11.3 Å². The Bertz CT molecular complexity index is 343. The molecule has 1 heterocycles. The zero-order valence-electron chi connectivity index (χ0n) is 7.28. The van der Waals surface area contributed by atoms with Crippen LogP contribution in [-0.2, 0) is 4.79 Å². The minimum Gasteiger partial charge on any atom is -0.375 e. The summed E-state index contributed by atoms with van der Waals surface area (Å²) in [4.78, 5) is 15.4. The third kappa shape index (κ3) is 2.87. The number of hydrogen-bond acceptors (Lipinski definition) is 4. The van der Waals surface area contributed by atoms with Crippen LogP contribution in [0.2, 0.25) is 0 Å². The molecule has 0 saturated carbocycles. The molecule has 0 aliphatic heterocycles. The third-order valence-corrected chi connectivity index (χ3v) is 2.39. The van der Waals surface area contributed by atoms with Gasteiger partial charge < -0.3 is 11.5 Å². The van der Waals surface area contributed by atoms with Gasteiger partial charge in [0.25, 0.3) is 0 Å². The van der Waals surface area contributed by atoms with Gasteiger partial charge in [0.2, 0.25) is 5.91 Å². The molecule has 0 aliphatic carbocycles. The normalized spacial score (nSPS) is 10.8. The highest BCUT2D eigenvalue weighted by Crippen LogP contribution is 2.20. The molecule has 1 rings (SSSR count). The van der Waals surface area contributed by atoms with Crippen molar-refractivity contribution in [1.29, 1.82) is 0 Å². The molecule has 4 N–H and O–H groups in total. The molecule has 0 radical (unpaired) electrons. The van der Waals surface area contributed by atoms with Gasteiger partial charge in [0.05, 0.1) is 10.6 Å². The summed E-state index contributed by atoms with van der Waals surface area (Å²) in [7, 11) is 0. The predicted molar refractivity (Wildman–Crippen MR) is 54.1 cm³/mol. The Kier molecular flexibility index (Phi) is 3.02. The lowest BCUT2D eigenvalue weighted by molar-refractivity contribution is -0.117. The second-order valence-electron chi connectivity index (χ2n) is 2.57. The van der Waals surface area contributed by atoms with Gasteiger partial charge in [-0.05, 0) is 13.0 Å². The van der Waals surface area contributed by atoms with Gasteiger partial charge in [0, 0.05) is 6.42 Å². The van der Waals surface area contributed by atoms with E-state index in [9.17, 15) is 4.79 Å². The number of nitrogens with zero attached hydrogens (tertiary/aromatic N) is 1. The summed E-state index contributed by atoms with van der Waals surface area (Å²) in [5, 5.41) is 0.538. The molecule has 0 bridgehead atoms. The van der Waals surface area contributed by atoms with Crippen molar-refractivity contribution in [1.82, 2.24) is 4.98 Å². The molecule has 70 valence electrons. The van der Waals surface area contributed by atoms with Crippen LogP contribution in [0.3, 0.4) is 0 Å². The van der Waals surface area contributed by atoms with Crippen LogP contribution < -0.4 is 11.5 Å². The molecule has 13 heavy (non-hydrogen) atoms. The van der Waals surface area contributed by atoms with Crippen LogP contribution in [0.15, 0.2) is 6.08 Å². The van der Waals surface area contributed by atoms with Gasteiger partial charge in [0.1, 0.15) is 0 Å². The molecule has 0 atom stereocenters. The maximum Gasteiger partial charge on any atom is 0.221 e. The molecule has 0 saturated heterocycles. The second kappa shape index (κ2) is 4.04. The molecule has 0 spiro atoms. The lowest BCUT2D eigenvalue weighted by atomic mass is 10.3. The number of nitrogen functional groups attached to an aromatic ring is 1. The standard InChI is InChI=1S/C8H11N3OS/c1-5-6(13-8(10)11-5)3-2-4-7(9)12/h2-3H,4H2,1H3,(H2,9,12)(H2,10,11). The Morgan fingerprint density at radius 3 is 2.85 bits per heavy atom. The fourth-order valence-corrected chi connectivity index (χ4v) is 1.63. The zero-order chi connectivity index (χ0) is 9.84. The van der Waals surface area contributed by atoms with Gasteiger partial charge in [0.15, 0.2) is 5.13 Å².